The Labute approximate surface area is 148 Å². The number of nitrogens with zero attached hydrogens (tertiary/aromatic N) is 6. The number of benzene rings is 1. The third-order valence-corrected chi connectivity index (χ3v) is 6.15. The molecule has 0 saturated heterocycles. The van der Waals surface area contributed by atoms with Crippen LogP contribution < -0.4 is 0 Å². The molecule has 0 aliphatic heterocycles. The quantitative estimate of drug-likeness (QED) is 0.499. The number of thioether (sulfide) groups is 1. The largest absolute Gasteiger partial charge is 0.235 e. The van der Waals surface area contributed by atoms with Crippen molar-refractivity contribution in [2.24, 2.45) is 0 Å². The van der Waals surface area contributed by atoms with Gasteiger partial charge in [-0.15, -0.1) is 20.4 Å². The van der Waals surface area contributed by atoms with Crippen LogP contribution in [0.4, 0.5) is 0 Å². The summed E-state index contributed by atoms with van der Waals surface area (Å²) < 4.78 is 2.71. The fourth-order valence-electron chi connectivity index (χ4n) is 1.92. The zero-order chi connectivity index (χ0) is 15.8. The summed E-state index contributed by atoms with van der Waals surface area (Å²) in [5.74, 6) is 1.45. The molecule has 116 valence electrons. The second kappa shape index (κ2) is 6.16. The second-order valence-corrected chi connectivity index (χ2v) is 8.40. The van der Waals surface area contributed by atoms with Crippen molar-refractivity contribution in [3.8, 4) is 10.6 Å². The highest BCUT2D eigenvalue weighted by Crippen LogP contribution is 2.29. The van der Waals surface area contributed by atoms with Gasteiger partial charge in [-0.1, -0.05) is 58.2 Å². The van der Waals surface area contributed by atoms with Crippen LogP contribution in [0.3, 0.4) is 0 Å². The second-order valence-electron chi connectivity index (χ2n) is 4.60. The summed E-state index contributed by atoms with van der Waals surface area (Å²) in [5.41, 5.74) is 1.02. The molecule has 0 atom stereocenters. The zero-order valence-electron chi connectivity index (χ0n) is 11.8. The smallest absolute Gasteiger partial charge is 0.186 e. The average molecular weight is 381 g/mol. The Morgan fingerprint density at radius 3 is 2.65 bits per heavy atom. The van der Waals surface area contributed by atoms with E-state index in [2.05, 4.69) is 25.5 Å². The Kier molecular flexibility index (Phi) is 4.02. The SMILES string of the molecule is Cc1nnc(SCc2nnc3sc(-c4ccc(Cl)cc4)nn23)s1. The van der Waals surface area contributed by atoms with E-state index < -0.39 is 0 Å². The maximum atomic E-state index is 5.93. The molecule has 23 heavy (non-hydrogen) atoms. The lowest BCUT2D eigenvalue weighted by Gasteiger charge is -1.96. The first-order valence-corrected chi connectivity index (χ1v) is 9.59. The summed E-state index contributed by atoms with van der Waals surface area (Å²) in [5, 5.41) is 23.7. The first-order chi connectivity index (χ1) is 11.2. The van der Waals surface area contributed by atoms with Crippen molar-refractivity contribution < 1.29 is 0 Å². The number of rotatable bonds is 4. The van der Waals surface area contributed by atoms with Gasteiger partial charge in [-0.25, -0.2) is 0 Å². The molecule has 0 radical (unpaired) electrons. The van der Waals surface area contributed by atoms with Crippen LogP contribution in [0.5, 0.6) is 0 Å². The van der Waals surface area contributed by atoms with Gasteiger partial charge in [0.05, 0.1) is 5.75 Å². The molecule has 0 bridgehead atoms. The number of aromatic nitrogens is 6. The van der Waals surface area contributed by atoms with Crippen molar-refractivity contribution in [3.05, 3.63) is 40.1 Å². The summed E-state index contributed by atoms with van der Waals surface area (Å²) in [6.07, 6.45) is 0. The van der Waals surface area contributed by atoms with Gasteiger partial charge in [0.25, 0.3) is 0 Å². The maximum absolute atomic E-state index is 5.93. The highest BCUT2D eigenvalue weighted by molar-refractivity contribution is 8.00. The molecule has 0 amide bonds. The average Bonchev–Trinajstić information content (AvgIpc) is 3.22. The third kappa shape index (κ3) is 3.09. The summed E-state index contributed by atoms with van der Waals surface area (Å²) in [4.78, 5) is 0.777. The van der Waals surface area contributed by atoms with Gasteiger partial charge in [0.1, 0.15) is 10.0 Å². The van der Waals surface area contributed by atoms with E-state index >= 15 is 0 Å². The summed E-state index contributed by atoms with van der Waals surface area (Å²) >= 11 is 10.6. The lowest BCUT2D eigenvalue weighted by molar-refractivity contribution is 0.886. The summed E-state index contributed by atoms with van der Waals surface area (Å²) in [6, 6.07) is 7.61. The Morgan fingerprint density at radius 2 is 1.91 bits per heavy atom. The summed E-state index contributed by atoms with van der Waals surface area (Å²) in [7, 11) is 0. The zero-order valence-corrected chi connectivity index (χ0v) is 15.0. The van der Waals surface area contributed by atoms with Gasteiger partial charge in [0.15, 0.2) is 10.2 Å². The van der Waals surface area contributed by atoms with E-state index in [1.165, 1.54) is 11.3 Å². The highest BCUT2D eigenvalue weighted by Gasteiger charge is 2.14. The molecule has 0 unspecified atom stereocenters. The van der Waals surface area contributed by atoms with E-state index in [0.29, 0.717) is 10.8 Å². The van der Waals surface area contributed by atoms with Gasteiger partial charge >= 0.3 is 0 Å². The molecule has 0 fully saturated rings. The molecule has 3 heterocycles. The molecule has 0 aliphatic rings. The number of hydrogen-bond acceptors (Lipinski definition) is 8. The van der Waals surface area contributed by atoms with Crippen molar-refractivity contribution in [1.29, 1.82) is 0 Å². The molecule has 3 aromatic heterocycles. The molecule has 10 heteroatoms. The van der Waals surface area contributed by atoms with E-state index in [4.69, 9.17) is 11.6 Å². The molecule has 0 saturated carbocycles. The Hall–Kier alpha value is -1.55. The fourth-order valence-corrected chi connectivity index (χ4v) is 4.63. The topological polar surface area (TPSA) is 68.9 Å². The lowest BCUT2D eigenvalue weighted by Crippen LogP contribution is -1.94. The van der Waals surface area contributed by atoms with Crippen LogP contribution in [-0.2, 0) is 5.75 Å². The molecular formula is C13H9ClN6S3. The minimum absolute atomic E-state index is 0.652. The van der Waals surface area contributed by atoms with Gasteiger partial charge < -0.3 is 0 Å². The predicted molar refractivity (Wildman–Crippen MR) is 93.3 cm³/mol. The minimum atomic E-state index is 0.652. The Morgan fingerprint density at radius 1 is 1.09 bits per heavy atom. The normalized spacial score (nSPS) is 11.4. The summed E-state index contributed by atoms with van der Waals surface area (Å²) in [6.45, 7) is 1.94. The Balaban J connectivity index is 1.60. The van der Waals surface area contributed by atoms with Crippen molar-refractivity contribution in [1.82, 2.24) is 30.0 Å². The molecule has 4 rings (SSSR count). The van der Waals surface area contributed by atoms with Crippen molar-refractivity contribution in [2.45, 2.75) is 17.0 Å². The van der Waals surface area contributed by atoms with Gasteiger partial charge in [0, 0.05) is 10.6 Å². The molecule has 0 aliphatic carbocycles. The van der Waals surface area contributed by atoms with Crippen LogP contribution in [0, 0.1) is 6.92 Å². The maximum Gasteiger partial charge on any atom is 0.235 e. The monoisotopic (exact) mass is 380 g/mol. The first kappa shape index (κ1) is 15.0. The van der Waals surface area contributed by atoms with E-state index in [9.17, 15) is 0 Å². The number of aryl methyl sites for hydroxylation is 1. The van der Waals surface area contributed by atoms with Gasteiger partial charge in [0.2, 0.25) is 4.96 Å². The van der Waals surface area contributed by atoms with Crippen LogP contribution in [0.1, 0.15) is 10.8 Å². The number of fused-ring (bicyclic) bond motifs is 1. The van der Waals surface area contributed by atoms with Crippen LogP contribution in [0.2, 0.25) is 5.02 Å². The Bertz CT molecular complexity index is 958. The molecule has 0 N–H and O–H groups in total. The van der Waals surface area contributed by atoms with Crippen molar-refractivity contribution in [2.75, 3.05) is 0 Å². The van der Waals surface area contributed by atoms with E-state index in [1.54, 1.807) is 27.6 Å². The van der Waals surface area contributed by atoms with Crippen molar-refractivity contribution in [3.63, 3.8) is 0 Å². The number of hydrogen-bond donors (Lipinski definition) is 0. The van der Waals surface area contributed by atoms with Gasteiger partial charge in [-0.2, -0.15) is 9.61 Å². The minimum Gasteiger partial charge on any atom is -0.186 e. The van der Waals surface area contributed by atoms with Gasteiger partial charge in [-0.3, -0.25) is 0 Å². The van der Waals surface area contributed by atoms with Gasteiger partial charge in [-0.05, 0) is 19.1 Å². The first-order valence-electron chi connectivity index (χ1n) is 6.59. The van der Waals surface area contributed by atoms with Crippen LogP contribution >= 0.6 is 46.0 Å². The van der Waals surface area contributed by atoms with E-state index in [0.717, 1.165) is 30.7 Å². The van der Waals surface area contributed by atoms with E-state index in [-0.39, 0.29) is 0 Å². The molecule has 0 spiro atoms. The van der Waals surface area contributed by atoms with Crippen LogP contribution in [0.15, 0.2) is 28.6 Å². The standard InChI is InChI=1S/C13H9ClN6S3/c1-7-15-18-13(22-7)21-6-10-16-17-12-20(10)19-11(23-12)8-2-4-9(14)5-3-8/h2-5H,6H2,1H3. The van der Waals surface area contributed by atoms with E-state index in [1.807, 2.05) is 31.2 Å². The molecule has 6 nitrogen and oxygen atoms in total. The van der Waals surface area contributed by atoms with Crippen molar-refractivity contribution >= 4 is 51.0 Å². The third-order valence-electron chi connectivity index (χ3n) is 2.98. The molecular weight excluding hydrogens is 372 g/mol. The molecule has 4 aromatic rings. The number of halogens is 1. The van der Waals surface area contributed by atoms with Crippen LogP contribution in [0.25, 0.3) is 15.5 Å². The van der Waals surface area contributed by atoms with Crippen LogP contribution in [-0.4, -0.2) is 30.0 Å². The fraction of sp³-hybridized carbons (Fsp3) is 0.154. The predicted octanol–water partition coefficient (Wildman–Crippen LogP) is 3.96. The molecule has 1 aromatic carbocycles. The highest BCUT2D eigenvalue weighted by atomic mass is 35.5. The lowest BCUT2D eigenvalue weighted by atomic mass is 10.2.